The Morgan fingerprint density at radius 2 is 1.82 bits per heavy atom. The van der Waals surface area contributed by atoms with E-state index in [4.69, 9.17) is 9.47 Å². The van der Waals surface area contributed by atoms with Gasteiger partial charge in [0.25, 0.3) is 0 Å². The SMILES string of the molecule is COc1cccc(CNC(=O)[C@H](C)n2ccc3cc(S(=O)(=O)N4CCCCC4)ccc32)c1OC. The van der Waals surface area contributed by atoms with Crippen molar-refractivity contribution in [1.29, 1.82) is 0 Å². The second-order valence-corrected chi connectivity index (χ2v) is 10.4. The molecule has 8 nitrogen and oxygen atoms in total. The predicted molar refractivity (Wildman–Crippen MR) is 131 cm³/mol. The molecule has 1 fully saturated rings. The standard InChI is InChI=1S/C25H31N3O5S/c1-18(25(29)26-17-20-8-7-9-23(32-2)24(20)33-3)28-15-12-19-16-21(10-11-22(19)28)34(30,31)27-13-5-4-6-14-27/h7-12,15-16,18H,4-6,13-14,17H2,1-3H3,(H,26,29)/t18-/m0/s1. The predicted octanol–water partition coefficient (Wildman–Crippen LogP) is 3.71. The molecule has 0 radical (unpaired) electrons. The van der Waals surface area contributed by atoms with Crippen LogP contribution < -0.4 is 14.8 Å². The van der Waals surface area contributed by atoms with Crippen LogP contribution >= 0.6 is 0 Å². The van der Waals surface area contributed by atoms with Crippen molar-refractivity contribution in [3.05, 3.63) is 54.2 Å². The zero-order valence-electron chi connectivity index (χ0n) is 19.8. The second kappa shape index (κ2) is 10.1. The van der Waals surface area contributed by atoms with Crippen LogP contribution in [0.25, 0.3) is 10.9 Å². The average Bonchev–Trinajstić information content (AvgIpc) is 3.30. The van der Waals surface area contributed by atoms with Crippen LogP contribution in [0.2, 0.25) is 0 Å². The van der Waals surface area contributed by atoms with Crippen LogP contribution in [0.1, 0.15) is 37.8 Å². The van der Waals surface area contributed by atoms with Gasteiger partial charge in [0.05, 0.1) is 19.1 Å². The van der Waals surface area contributed by atoms with E-state index in [0.29, 0.717) is 36.0 Å². The number of rotatable bonds is 8. The summed E-state index contributed by atoms with van der Waals surface area (Å²) in [5.74, 6) is 1.04. The lowest BCUT2D eigenvalue weighted by Gasteiger charge is -2.26. The number of para-hydroxylation sites is 1. The molecule has 0 unspecified atom stereocenters. The first-order valence-electron chi connectivity index (χ1n) is 11.4. The van der Waals surface area contributed by atoms with Crippen LogP contribution in [0.4, 0.5) is 0 Å². The van der Waals surface area contributed by atoms with Gasteiger partial charge >= 0.3 is 0 Å². The minimum atomic E-state index is -3.51. The summed E-state index contributed by atoms with van der Waals surface area (Å²) < 4.78 is 40.2. The van der Waals surface area contributed by atoms with Crippen molar-refractivity contribution < 1.29 is 22.7 Å². The van der Waals surface area contributed by atoms with Gasteiger partial charge < -0.3 is 19.4 Å². The lowest BCUT2D eigenvalue weighted by atomic mass is 10.1. The number of nitrogens with zero attached hydrogens (tertiary/aromatic N) is 2. The Morgan fingerprint density at radius 1 is 1.06 bits per heavy atom. The molecule has 0 spiro atoms. The van der Waals surface area contributed by atoms with E-state index in [2.05, 4.69) is 5.32 Å². The molecule has 1 aliphatic rings. The van der Waals surface area contributed by atoms with E-state index in [1.807, 2.05) is 35.9 Å². The monoisotopic (exact) mass is 485 g/mol. The zero-order chi connectivity index (χ0) is 24.3. The molecule has 2 aromatic carbocycles. The minimum Gasteiger partial charge on any atom is -0.493 e. The van der Waals surface area contributed by atoms with Crippen molar-refractivity contribution in [3.8, 4) is 11.5 Å². The molecular formula is C25H31N3O5S. The van der Waals surface area contributed by atoms with Crippen molar-refractivity contribution in [2.75, 3.05) is 27.3 Å². The summed E-state index contributed by atoms with van der Waals surface area (Å²) in [7, 11) is -0.371. The molecule has 1 saturated heterocycles. The number of hydrogen-bond donors (Lipinski definition) is 1. The maximum atomic E-state index is 13.0. The first-order chi connectivity index (χ1) is 16.4. The van der Waals surface area contributed by atoms with E-state index >= 15 is 0 Å². The van der Waals surface area contributed by atoms with E-state index in [1.165, 1.54) is 0 Å². The van der Waals surface area contributed by atoms with Gasteiger partial charge in [-0.3, -0.25) is 4.79 Å². The smallest absolute Gasteiger partial charge is 0.243 e. The van der Waals surface area contributed by atoms with Gasteiger partial charge in [-0.1, -0.05) is 18.6 Å². The molecule has 2 heterocycles. The maximum absolute atomic E-state index is 13.0. The molecule has 0 aliphatic carbocycles. The third-order valence-electron chi connectivity index (χ3n) is 6.38. The fourth-order valence-electron chi connectivity index (χ4n) is 4.44. The molecule has 9 heteroatoms. The zero-order valence-corrected chi connectivity index (χ0v) is 20.6. The van der Waals surface area contributed by atoms with Gasteiger partial charge in [0, 0.05) is 42.3 Å². The largest absolute Gasteiger partial charge is 0.493 e. The van der Waals surface area contributed by atoms with Crippen LogP contribution in [-0.2, 0) is 21.4 Å². The Bertz CT molecular complexity index is 1280. The summed E-state index contributed by atoms with van der Waals surface area (Å²) >= 11 is 0. The van der Waals surface area contributed by atoms with E-state index < -0.39 is 16.1 Å². The summed E-state index contributed by atoms with van der Waals surface area (Å²) in [6.45, 7) is 3.24. The molecule has 3 aromatic rings. The third-order valence-corrected chi connectivity index (χ3v) is 8.27. The van der Waals surface area contributed by atoms with Crippen LogP contribution in [0.3, 0.4) is 0 Å². The molecule has 0 bridgehead atoms. The summed E-state index contributed by atoms with van der Waals surface area (Å²) in [5, 5.41) is 3.74. The number of fused-ring (bicyclic) bond motifs is 1. The Labute approximate surface area is 200 Å². The Kier molecular flexibility index (Phi) is 7.13. The van der Waals surface area contributed by atoms with Gasteiger partial charge in [0.1, 0.15) is 6.04 Å². The van der Waals surface area contributed by atoms with E-state index in [-0.39, 0.29) is 5.91 Å². The number of carbonyl (C=O) groups is 1. The third kappa shape index (κ3) is 4.63. The van der Waals surface area contributed by atoms with Crippen LogP contribution in [0.15, 0.2) is 53.6 Å². The van der Waals surface area contributed by atoms with Crippen molar-refractivity contribution in [1.82, 2.24) is 14.2 Å². The number of piperidine rings is 1. The highest BCUT2D eigenvalue weighted by atomic mass is 32.2. The average molecular weight is 486 g/mol. The van der Waals surface area contributed by atoms with Gasteiger partial charge in [-0.25, -0.2) is 8.42 Å². The molecule has 1 N–H and O–H groups in total. The molecule has 1 aliphatic heterocycles. The van der Waals surface area contributed by atoms with Gasteiger partial charge in [-0.15, -0.1) is 0 Å². The number of carbonyl (C=O) groups excluding carboxylic acids is 1. The Balaban J connectivity index is 1.51. The molecule has 0 saturated carbocycles. The van der Waals surface area contributed by atoms with Crippen LogP contribution in [-0.4, -0.2) is 50.5 Å². The molecule has 1 aromatic heterocycles. The quantitative estimate of drug-likeness (QED) is 0.525. The number of benzene rings is 2. The first kappa shape index (κ1) is 24.1. The van der Waals surface area contributed by atoms with E-state index in [1.54, 1.807) is 42.8 Å². The number of sulfonamides is 1. The van der Waals surface area contributed by atoms with Crippen molar-refractivity contribution in [2.24, 2.45) is 0 Å². The fourth-order valence-corrected chi connectivity index (χ4v) is 6.00. The van der Waals surface area contributed by atoms with E-state index in [9.17, 15) is 13.2 Å². The maximum Gasteiger partial charge on any atom is 0.243 e. The highest BCUT2D eigenvalue weighted by Crippen LogP contribution is 2.31. The van der Waals surface area contributed by atoms with Gasteiger partial charge in [0.2, 0.25) is 15.9 Å². The number of hydrogen-bond acceptors (Lipinski definition) is 5. The first-order valence-corrected chi connectivity index (χ1v) is 12.9. The van der Waals surface area contributed by atoms with E-state index in [0.717, 1.165) is 35.7 Å². The normalized spacial score (nSPS) is 15.7. The van der Waals surface area contributed by atoms with Crippen LogP contribution in [0.5, 0.6) is 11.5 Å². The highest BCUT2D eigenvalue weighted by Gasteiger charge is 2.26. The minimum absolute atomic E-state index is 0.160. The fraction of sp³-hybridized carbons (Fsp3) is 0.400. The molecule has 34 heavy (non-hydrogen) atoms. The second-order valence-electron chi connectivity index (χ2n) is 8.45. The number of amides is 1. The molecule has 1 atom stereocenters. The number of nitrogens with one attached hydrogen (secondary N) is 1. The molecule has 182 valence electrons. The number of methoxy groups -OCH3 is 2. The van der Waals surface area contributed by atoms with Crippen molar-refractivity contribution >= 4 is 26.8 Å². The lowest BCUT2D eigenvalue weighted by Crippen LogP contribution is -2.35. The number of ether oxygens (including phenoxy) is 2. The topological polar surface area (TPSA) is 89.9 Å². The summed E-state index contributed by atoms with van der Waals surface area (Å²) in [5.41, 5.74) is 1.62. The Hall–Kier alpha value is -3.04. The lowest BCUT2D eigenvalue weighted by molar-refractivity contribution is -0.123. The van der Waals surface area contributed by atoms with Crippen molar-refractivity contribution in [2.45, 2.75) is 43.7 Å². The van der Waals surface area contributed by atoms with Gasteiger partial charge in [0.15, 0.2) is 11.5 Å². The highest BCUT2D eigenvalue weighted by molar-refractivity contribution is 7.89. The summed E-state index contributed by atoms with van der Waals surface area (Å²) in [4.78, 5) is 13.2. The van der Waals surface area contributed by atoms with Gasteiger partial charge in [-0.05, 0) is 50.1 Å². The van der Waals surface area contributed by atoms with Crippen molar-refractivity contribution in [3.63, 3.8) is 0 Å². The summed E-state index contributed by atoms with van der Waals surface area (Å²) in [6.07, 6.45) is 4.68. The summed E-state index contributed by atoms with van der Waals surface area (Å²) in [6, 6.07) is 12.0. The molecular weight excluding hydrogens is 454 g/mol. The molecule has 1 amide bonds. The van der Waals surface area contributed by atoms with Crippen LogP contribution in [0, 0.1) is 0 Å². The number of aromatic nitrogens is 1. The Morgan fingerprint density at radius 3 is 2.53 bits per heavy atom. The molecule has 4 rings (SSSR count). The van der Waals surface area contributed by atoms with Gasteiger partial charge in [-0.2, -0.15) is 4.31 Å².